The first kappa shape index (κ1) is 17.7. The van der Waals surface area contributed by atoms with Gasteiger partial charge >= 0.3 is 5.97 Å². The van der Waals surface area contributed by atoms with Gasteiger partial charge in [0.05, 0.1) is 18.9 Å². The predicted octanol–water partition coefficient (Wildman–Crippen LogP) is 3.24. The van der Waals surface area contributed by atoms with E-state index in [-0.39, 0.29) is 19.1 Å². The van der Waals surface area contributed by atoms with Crippen LogP contribution < -0.4 is 5.32 Å². The number of hydrogen-bond acceptors (Lipinski definition) is 5. The number of aryl methyl sites for hydroxylation is 1. The standard InChI is InChI=1S/C19H21N3O4/c1-12(2)22-17(6-7-20-22)21-18(23)11-26-19(24)9-14-10-25-16-8-13(3)4-5-15(14)16/h4-8,10,12H,9,11H2,1-3H3,(H,21,23). The number of benzene rings is 1. The van der Waals surface area contributed by atoms with Gasteiger partial charge in [-0.15, -0.1) is 0 Å². The summed E-state index contributed by atoms with van der Waals surface area (Å²) in [6, 6.07) is 7.59. The number of rotatable bonds is 6. The van der Waals surface area contributed by atoms with Crippen molar-refractivity contribution in [2.75, 3.05) is 11.9 Å². The van der Waals surface area contributed by atoms with Gasteiger partial charge in [0, 0.05) is 23.1 Å². The van der Waals surface area contributed by atoms with Crippen molar-refractivity contribution in [2.24, 2.45) is 0 Å². The molecule has 0 atom stereocenters. The molecule has 0 aliphatic heterocycles. The number of carbonyl (C=O) groups excluding carboxylic acids is 2. The first-order valence-corrected chi connectivity index (χ1v) is 8.39. The van der Waals surface area contributed by atoms with Crippen molar-refractivity contribution >= 4 is 28.7 Å². The van der Waals surface area contributed by atoms with E-state index in [1.165, 1.54) is 0 Å². The van der Waals surface area contributed by atoms with Crippen molar-refractivity contribution in [3.05, 3.63) is 47.9 Å². The highest BCUT2D eigenvalue weighted by atomic mass is 16.5. The maximum atomic E-state index is 12.0. The maximum Gasteiger partial charge on any atom is 0.310 e. The number of nitrogens with one attached hydrogen (secondary N) is 1. The maximum absolute atomic E-state index is 12.0. The second-order valence-corrected chi connectivity index (χ2v) is 6.40. The van der Waals surface area contributed by atoms with Crippen molar-refractivity contribution in [3.8, 4) is 0 Å². The second kappa shape index (κ2) is 7.43. The van der Waals surface area contributed by atoms with Gasteiger partial charge in [-0.1, -0.05) is 12.1 Å². The van der Waals surface area contributed by atoms with E-state index in [1.54, 1.807) is 23.2 Å². The average molecular weight is 355 g/mol. The van der Waals surface area contributed by atoms with E-state index in [9.17, 15) is 9.59 Å². The summed E-state index contributed by atoms with van der Waals surface area (Å²) in [5.74, 6) is -0.327. The molecule has 1 aromatic carbocycles. The molecule has 2 heterocycles. The molecule has 2 aromatic heterocycles. The first-order chi connectivity index (χ1) is 12.4. The van der Waals surface area contributed by atoms with Crippen LogP contribution in [0.1, 0.15) is 31.0 Å². The largest absolute Gasteiger partial charge is 0.464 e. The van der Waals surface area contributed by atoms with Crippen LogP contribution >= 0.6 is 0 Å². The van der Waals surface area contributed by atoms with Gasteiger partial charge in [0.15, 0.2) is 6.61 Å². The normalized spacial score (nSPS) is 11.1. The molecule has 0 aliphatic carbocycles. The SMILES string of the molecule is Cc1ccc2c(CC(=O)OCC(=O)Nc3ccnn3C(C)C)coc2c1. The quantitative estimate of drug-likeness (QED) is 0.686. The van der Waals surface area contributed by atoms with Crippen LogP contribution in [0.5, 0.6) is 0 Å². The highest BCUT2D eigenvalue weighted by Gasteiger charge is 2.14. The molecule has 3 aromatic rings. The van der Waals surface area contributed by atoms with Gasteiger partial charge in [-0.2, -0.15) is 5.10 Å². The van der Waals surface area contributed by atoms with Gasteiger partial charge in [-0.05, 0) is 32.4 Å². The zero-order valence-electron chi connectivity index (χ0n) is 15.0. The van der Waals surface area contributed by atoms with Crippen LogP contribution in [0.4, 0.5) is 5.82 Å². The van der Waals surface area contributed by atoms with Gasteiger partial charge in [-0.25, -0.2) is 4.68 Å². The number of nitrogens with zero attached hydrogens (tertiary/aromatic N) is 2. The highest BCUT2D eigenvalue weighted by molar-refractivity contribution is 5.92. The lowest BCUT2D eigenvalue weighted by atomic mass is 10.1. The third-order valence-electron chi connectivity index (χ3n) is 3.94. The van der Waals surface area contributed by atoms with E-state index in [1.807, 2.05) is 39.0 Å². The predicted molar refractivity (Wildman–Crippen MR) is 96.9 cm³/mol. The summed E-state index contributed by atoms with van der Waals surface area (Å²) in [6.45, 7) is 5.54. The van der Waals surface area contributed by atoms with Crippen LogP contribution in [-0.4, -0.2) is 28.3 Å². The molecule has 0 radical (unpaired) electrons. The molecule has 1 N–H and O–H groups in total. The van der Waals surface area contributed by atoms with Gasteiger partial charge in [0.25, 0.3) is 5.91 Å². The third-order valence-corrected chi connectivity index (χ3v) is 3.94. The lowest BCUT2D eigenvalue weighted by Gasteiger charge is -2.11. The summed E-state index contributed by atoms with van der Waals surface area (Å²) < 4.78 is 12.2. The monoisotopic (exact) mass is 355 g/mol. The summed E-state index contributed by atoms with van der Waals surface area (Å²) in [4.78, 5) is 24.0. The second-order valence-electron chi connectivity index (χ2n) is 6.40. The van der Waals surface area contributed by atoms with Crippen molar-refractivity contribution in [2.45, 2.75) is 33.2 Å². The number of amides is 1. The van der Waals surface area contributed by atoms with Crippen LogP contribution in [0.25, 0.3) is 11.0 Å². The minimum atomic E-state index is -0.485. The third kappa shape index (κ3) is 3.93. The van der Waals surface area contributed by atoms with Crippen LogP contribution in [0.3, 0.4) is 0 Å². The van der Waals surface area contributed by atoms with Crippen LogP contribution in [-0.2, 0) is 20.7 Å². The first-order valence-electron chi connectivity index (χ1n) is 8.39. The molecule has 0 unspecified atom stereocenters. The molecule has 0 fully saturated rings. The molecule has 1 amide bonds. The summed E-state index contributed by atoms with van der Waals surface area (Å²) in [7, 11) is 0. The lowest BCUT2D eigenvalue weighted by molar-refractivity contribution is -0.146. The van der Waals surface area contributed by atoms with Crippen molar-refractivity contribution in [1.82, 2.24) is 9.78 Å². The summed E-state index contributed by atoms with van der Waals surface area (Å²) in [6.07, 6.45) is 3.20. The lowest BCUT2D eigenvalue weighted by Crippen LogP contribution is -2.23. The highest BCUT2D eigenvalue weighted by Crippen LogP contribution is 2.23. The van der Waals surface area contributed by atoms with Gasteiger partial charge < -0.3 is 14.5 Å². The Kier molecular flexibility index (Phi) is 5.06. The summed E-state index contributed by atoms with van der Waals surface area (Å²) in [5.41, 5.74) is 2.55. The van der Waals surface area contributed by atoms with Crippen LogP contribution in [0, 0.1) is 6.92 Å². The Morgan fingerprint density at radius 2 is 2.12 bits per heavy atom. The molecule has 26 heavy (non-hydrogen) atoms. The molecular formula is C19H21N3O4. The van der Waals surface area contributed by atoms with Crippen LogP contribution in [0.15, 0.2) is 41.1 Å². The molecule has 7 heteroatoms. The van der Waals surface area contributed by atoms with Crippen molar-refractivity contribution < 1.29 is 18.7 Å². The number of hydrogen-bond donors (Lipinski definition) is 1. The van der Waals surface area contributed by atoms with E-state index >= 15 is 0 Å². The molecule has 136 valence electrons. The Morgan fingerprint density at radius 3 is 2.88 bits per heavy atom. The number of anilines is 1. The fourth-order valence-corrected chi connectivity index (χ4v) is 2.68. The molecule has 0 bridgehead atoms. The van der Waals surface area contributed by atoms with Crippen molar-refractivity contribution in [1.29, 1.82) is 0 Å². The molecule has 0 spiro atoms. The van der Waals surface area contributed by atoms with E-state index in [0.717, 1.165) is 22.1 Å². The smallest absolute Gasteiger partial charge is 0.310 e. The number of esters is 1. The molecule has 0 saturated heterocycles. The number of aromatic nitrogens is 2. The summed E-state index contributed by atoms with van der Waals surface area (Å²) >= 11 is 0. The Bertz CT molecular complexity index is 939. The van der Waals surface area contributed by atoms with E-state index in [4.69, 9.17) is 9.15 Å². The number of carbonyl (C=O) groups is 2. The Labute approximate surface area is 150 Å². The number of fused-ring (bicyclic) bond motifs is 1. The Balaban J connectivity index is 1.55. The Hall–Kier alpha value is -3.09. The molecule has 0 aliphatic rings. The summed E-state index contributed by atoms with van der Waals surface area (Å²) in [5, 5.41) is 7.69. The van der Waals surface area contributed by atoms with E-state index in [2.05, 4.69) is 10.4 Å². The minimum absolute atomic E-state index is 0.0489. The van der Waals surface area contributed by atoms with Crippen molar-refractivity contribution in [3.63, 3.8) is 0 Å². The minimum Gasteiger partial charge on any atom is -0.464 e. The zero-order chi connectivity index (χ0) is 18.7. The molecule has 0 saturated carbocycles. The fourth-order valence-electron chi connectivity index (χ4n) is 2.68. The van der Waals surface area contributed by atoms with E-state index < -0.39 is 11.9 Å². The zero-order valence-corrected chi connectivity index (χ0v) is 15.0. The topological polar surface area (TPSA) is 86.4 Å². The molecule has 7 nitrogen and oxygen atoms in total. The van der Waals surface area contributed by atoms with Crippen LogP contribution in [0.2, 0.25) is 0 Å². The Morgan fingerprint density at radius 1 is 1.31 bits per heavy atom. The van der Waals surface area contributed by atoms with Gasteiger partial charge in [0.2, 0.25) is 0 Å². The van der Waals surface area contributed by atoms with Gasteiger partial charge in [-0.3, -0.25) is 9.59 Å². The van der Waals surface area contributed by atoms with E-state index in [0.29, 0.717) is 5.82 Å². The fraction of sp³-hybridized carbons (Fsp3) is 0.316. The average Bonchev–Trinajstić information content (AvgIpc) is 3.20. The molecular weight excluding hydrogens is 334 g/mol. The number of furan rings is 1. The van der Waals surface area contributed by atoms with Gasteiger partial charge in [0.1, 0.15) is 11.4 Å². The number of ether oxygens (including phenoxy) is 1. The molecule has 3 rings (SSSR count).